The van der Waals surface area contributed by atoms with Crippen molar-refractivity contribution in [1.82, 2.24) is 14.5 Å². The Balaban J connectivity index is 0.000000318. The van der Waals surface area contributed by atoms with Gasteiger partial charge in [-0.25, -0.2) is 9.78 Å². The highest BCUT2D eigenvalue weighted by atomic mass is 19.4. The number of aromatic nitrogens is 3. The third-order valence-electron chi connectivity index (χ3n) is 4.28. The van der Waals surface area contributed by atoms with Crippen LogP contribution in [0.1, 0.15) is 0 Å². The van der Waals surface area contributed by atoms with E-state index in [-0.39, 0.29) is 11.7 Å². The quantitative estimate of drug-likeness (QED) is 0.371. The average molecular weight is 419 g/mol. The fraction of sp³-hybridized carbons (Fsp3) is 0.105. The first-order valence-corrected chi connectivity index (χ1v) is 8.39. The minimum Gasteiger partial charge on any atom is -0.508 e. The highest BCUT2D eigenvalue weighted by molar-refractivity contribution is 6.15. The van der Waals surface area contributed by atoms with E-state index in [0.717, 1.165) is 27.4 Å². The number of hydrogen-bond acceptors (Lipinski definition) is 6. The molecule has 0 saturated carbocycles. The van der Waals surface area contributed by atoms with Gasteiger partial charge in [0, 0.05) is 24.2 Å². The number of carbonyl (C=O) groups is 1. The molecule has 4 aromatic rings. The Kier molecular flexibility index (Phi) is 5.13. The Bertz CT molecular complexity index is 1250. The van der Waals surface area contributed by atoms with Gasteiger partial charge in [-0.3, -0.25) is 0 Å². The van der Waals surface area contributed by atoms with Crippen LogP contribution in [0.15, 0.2) is 42.6 Å². The van der Waals surface area contributed by atoms with E-state index in [4.69, 9.17) is 21.4 Å². The van der Waals surface area contributed by atoms with Gasteiger partial charge in [-0.1, -0.05) is 12.1 Å². The van der Waals surface area contributed by atoms with Crippen LogP contribution in [0, 0.1) is 0 Å². The minimum atomic E-state index is -5.08. The van der Waals surface area contributed by atoms with Gasteiger partial charge in [-0.2, -0.15) is 18.2 Å². The molecule has 2 heterocycles. The van der Waals surface area contributed by atoms with E-state index in [1.165, 1.54) is 0 Å². The lowest BCUT2D eigenvalue weighted by molar-refractivity contribution is -0.192. The lowest BCUT2D eigenvalue weighted by Gasteiger charge is -2.11. The monoisotopic (exact) mass is 419 g/mol. The zero-order chi connectivity index (χ0) is 22.2. The molecule has 0 amide bonds. The maximum atomic E-state index is 10.6. The van der Waals surface area contributed by atoms with E-state index < -0.39 is 12.1 Å². The zero-order valence-corrected chi connectivity index (χ0v) is 15.5. The van der Waals surface area contributed by atoms with Crippen LogP contribution < -0.4 is 11.5 Å². The molecule has 0 fully saturated rings. The number of phenols is 1. The molecule has 8 nitrogen and oxygen atoms in total. The third kappa shape index (κ3) is 3.90. The fourth-order valence-electron chi connectivity index (χ4n) is 3.03. The highest BCUT2D eigenvalue weighted by Crippen LogP contribution is 2.37. The molecule has 0 atom stereocenters. The van der Waals surface area contributed by atoms with E-state index in [1.54, 1.807) is 12.1 Å². The summed E-state index contributed by atoms with van der Waals surface area (Å²) in [5.41, 5.74) is 15.5. The number of anilines is 2. The zero-order valence-electron chi connectivity index (χ0n) is 15.5. The van der Waals surface area contributed by atoms with Crippen molar-refractivity contribution >= 4 is 39.5 Å². The second kappa shape index (κ2) is 7.43. The number of benzene rings is 2. The summed E-state index contributed by atoms with van der Waals surface area (Å²) in [5, 5.41) is 18.4. The topological polar surface area (TPSA) is 140 Å². The summed E-state index contributed by atoms with van der Waals surface area (Å²) < 4.78 is 33.8. The van der Waals surface area contributed by atoms with E-state index in [2.05, 4.69) is 9.97 Å². The van der Waals surface area contributed by atoms with Crippen LogP contribution in [0.4, 0.5) is 24.9 Å². The molecule has 4 rings (SSSR count). The first-order valence-electron chi connectivity index (χ1n) is 8.39. The Hall–Kier alpha value is -4.02. The largest absolute Gasteiger partial charge is 0.508 e. The average Bonchev–Trinajstić information content (AvgIpc) is 3.02. The van der Waals surface area contributed by atoms with Crippen LogP contribution in [0.25, 0.3) is 32.9 Å². The van der Waals surface area contributed by atoms with Gasteiger partial charge in [0.05, 0.1) is 16.4 Å². The van der Waals surface area contributed by atoms with Crippen LogP contribution in [0.2, 0.25) is 0 Å². The van der Waals surface area contributed by atoms with E-state index >= 15 is 0 Å². The molecule has 2 aromatic heterocycles. The van der Waals surface area contributed by atoms with Crippen molar-refractivity contribution in [3.8, 4) is 16.9 Å². The van der Waals surface area contributed by atoms with Gasteiger partial charge in [0.15, 0.2) is 0 Å². The number of aromatic hydroxyl groups is 1. The van der Waals surface area contributed by atoms with Gasteiger partial charge in [-0.15, -0.1) is 0 Å². The molecule has 0 unspecified atom stereocenters. The number of alkyl halides is 3. The summed E-state index contributed by atoms with van der Waals surface area (Å²) in [7, 11) is 1.98. The highest BCUT2D eigenvalue weighted by Gasteiger charge is 2.38. The van der Waals surface area contributed by atoms with Gasteiger partial charge in [-0.05, 0) is 29.8 Å². The lowest BCUT2D eigenvalue weighted by atomic mass is 9.99. The van der Waals surface area contributed by atoms with E-state index in [9.17, 15) is 18.3 Å². The van der Waals surface area contributed by atoms with E-state index in [0.29, 0.717) is 11.3 Å². The molecule has 0 spiro atoms. The van der Waals surface area contributed by atoms with Crippen molar-refractivity contribution in [1.29, 1.82) is 0 Å². The number of aryl methyl sites for hydroxylation is 1. The SMILES string of the molecule is Cn1ccc2c3c(N)nc(N)nc3cc(-c3ccc(O)cc3)c21.O=C(O)C(F)(F)F. The summed E-state index contributed by atoms with van der Waals surface area (Å²) in [4.78, 5) is 17.3. The molecule has 0 aliphatic rings. The molecule has 0 saturated heterocycles. The Morgan fingerprint density at radius 1 is 1.10 bits per heavy atom. The molecule has 30 heavy (non-hydrogen) atoms. The Labute approximate surface area is 167 Å². The van der Waals surface area contributed by atoms with Crippen molar-refractivity contribution in [3.05, 3.63) is 42.6 Å². The predicted molar refractivity (Wildman–Crippen MR) is 106 cm³/mol. The van der Waals surface area contributed by atoms with Gasteiger partial charge >= 0.3 is 12.1 Å². The second-order valence-electron chi connectivity index (χ2n) is 6.32. The summed E-state index contributed by atoms with van der Waals surface area (Å²) >= 11 is 0. The first kappa shape index (κ1) is 20.7. The third-order valence-corrected chi connectivity index (χ3v) is 4.28. The number of aliphatic carboxylic acids is 1. The van der Waals surface area contributed by atoms with Gasteiger partial charge in [0.25, 0.3) is 0 Å². The molecule has 11 heteroatoms. The number of nitrogens with two attached hydrogens (primary N) is 2. The van der Waals surface area contributed by atoms with Crippen LogP contribution >= 0.6 is 0 Å². The summed E-state index contributed by atoms with van der Waals surface area (Å²) in [6.07, 6.45) is -3.11. The number of nitrogens with zero attached hydrogens (tertiary/aromatic N) is 3. The lowest BCUT2D eigenvalue weighted by Crippen LogP contribution is -2.21. The maximum Gasteiger partial charge on any atom is 0.490 e. The summed E-state index contributed by atoms with van der Waals surface area (Å²) in [6.45, 7) is 0. The minimum absolute atomic E-state index is 0.155. The normalized spacial score (nSPS) is 11.3. The molecule has 0 bridgehead atoms. The molecule has 2 aromatic carbocycles. The Morgan fingerprint density at radius 2 is 1.70 bits per heavy atom. The number of nitrogen functional groups attached to an aromatic ring is 2. The molecule has 0 radical (unpaired) electrons. The van der Waals surface area contributed by atoms with Crippen molar-refractivity contribution < 1.29 is 28.2 Å². The van der Waals surface area contributed by atoms with Crippen molar-refractivity contribution in [2.75, 3.05) is 11.5 Å². The molecule has 0 aliphatic heterocycles. The van der Waals surface area contributed by atoms with Gasteiger partial charge in [0.1, 0.15) is 11.6 Å². The Morgan fingerprint density at radius 3 is 2.27 bits per heavy atom. The predicted octanol–water partition coefficient (Wildman–Crippen LogP) is 3.29. The number of fused-ring (bicyclic) bond motifs is 3. The maximum absolute atomic E-state index is 10.6. The van der Waals surface area contributed by atoms with Crippen LogP contribution in [-0.4, -0.2) is 36.9 Å². The van der Waals surface area contributed by atoms with Gasteiger partial charge < -0.3 is 26.2 Å². The van der Waals surface area contributed by atoms with E-state index in [1.807, 2.05) is 42.1 Å². The summed E-state index contributed by atoms with van der Waals surface area (Å²) in [5.74, 6) is -2.00. The molecule has 6 N–H and O–H groups in total. The second-order valence-corrected chi connectivity index (χ2v) is 6.32. The number of phenolic OH excluding ortho intramolecular Hbond substituents is 1. The fourth-order valence-corrected chi connectivity index (χ4v) is 3.03. The van der Waals surface area contributed by atoms with Gasteiger partial charge in [0.2, 0.25) is 5.95 Å². The molecular formula is C19H16F3N5O3. The summed E-state index contributed by atoms with van der Waals surface area (Å²) in [6, 6.07) is 11.0. The molecular weight excluding hydrogens is 403 g/mol. The number of rotatable bonds is 1. The molecule has 0 aliphatic carbocycles. The smallest absolute Gasteiger partial charge is 0.490 e. The number of hydrogen-bond donors (Lipinski definition) is 4. The first-order chi connectivity index (χ1) is 14.0. The molecule has 156 valence electrons. The standard InChI is InChI=1S/C17H15N5O.C2HF3O2/c1-22-7-6-11-14-13(20-17(19)21-16(14)18)8-12(15(11)22)9-2-4-10(23)5-3-9;3-2(4,5)1(6)7/h2-8,23H,1H3,(H4,18,19,20,21);(H,6,7). The van der Waals surface area contributed by atoms with Crippen LogP contribution in [0.3, 0.4) is 0 Å². The van der Waals surface area contributed by atoms with Crippen LogP contribution in [-0.2, 0) is 11.8 Å². The van der Waals surface area contributed by atoms with Crippen molar-refractivity contribution in [2.45, 2.75) is 6.18 Å². The number of carboxylic acid groups (broad SMARTS) is 1. The number of halogens is 3. The van der Waals surface area contributed by atoms with Crippen LogP contribution in [0.5, 0.6) is 5.75 Å². The van der Waals surface area contributed by atoms with Crippen molar-refractivity contribution in [2.24, 2.45) is 7.05 Å². The van der Waals surface area contributed by atoms with Crippen molar-refractivity contribution in [3.63, 3.8) is 0 Å². The number of carboxylic acids is 1.